The highest BCUT2D eigenvalue weighted by molar-refractivity contribution is 4.95. The number of nitrogens with zero attached hydrogens (tertiary/aromatic N) is 2. The van der Waals surface area contributed by atoms with Crippen molar-refractivity contribution in [3.05, 3.63) is 0 Å². The standard InChI is InChI=1S/C16H31N3/c1-3-8-17-16-7-10-18(11-13(16)2)15-6-9-19(12-15)14-4-5-14/h13-17H,3-12H2,1-2H3. The molecule has 2 aliphatic heterocycles. The minimum atomic E-state index is 0.761. The molecular formula is C16H31N3. The highest BCUT2D eigenvalue weighted by Crippen LogP contribution is 2.32. The zero-order valence-corrected chi connectivity index (χ0v) is 12.8. The smallest absolute Gasteiger partial charge is 0.0235 e. The summed E-state index contributed by atoms with van der Waals surface area (Å²) in [6.07, 6.45) is 6.95. The van der Waals surface area contributed by atoms with Crippen molar-refractivity contribution in [2.75, 3.05) is 32.7 Å². The van der Waals surface area contributed by atoms with Crippen LogP contribution in [0, 0.1) is 5.92 Å². The molecule has 1 aliphatic carbocycles. The third-order valence-electron chi connectivity index (χ3n) is 5.37. The summed E-state index contributed by atoms with van der Waals surface area (Å²) < 4.78 is 0. The van der Waals surface area contributed by atoms with Gasteiger partial charge in [0.25, 0.3) is 0 Å². The van der Waals surface area contributed by atoms with Crippen LogP contribution in [0.4, 0.5) is 0 Å². The summed E-state index contributed by atoms with van der Waals surface area (Å²) in [5.41, 5.74) is 0. The Morgan fingerprint density at radius 2 is 1.68 bits per heavy atom. The molecule has 1 N–H and O–H groups in total. The Kier molecular flexibility index (Phi) is 4.45. The number of rotatable bonds is 5. The summed E-state index contributed by atoms with van der Waals surface area (Å²) in [6, 6.07) is 2.58. The number of nitrogens with one attached hydrogen (secondary N) is 1. The van der Waals surface area contributed by atoms with Gasteiger partial charge in [-0.15, -0.1) is 0 Å². The second-order valence-corrected chi connectivity index (χ2v) is 6.99. The van der Waals surface area contributed by atoms with E-state index in [1.165, 1.54) is 64.8 Å². The van der Waals surface area contributed by atoms with E-state index in [2.05, 4.69) is 29.0 Å². The van der Waals surface area contributed by atoms with Gasteiger partial charge in [-0.25, -0.2) is 0 Å². The summed E-state index contributed by atoms with van der Waals surface area (Å²) in [5.74, 6) is 0.815. The monoisotopic (exact) mass is 265 g/mol. The van der Waals surface area contributed by atoms with Crippen molar-refractivity contribution in [3.63, 3.8) is 0 Å². The molecule has 3 fully saturated rings. The maximum absolute atomic E-state index is 3.73. The minimum absolute atomic E-state index is 0.761. The largest absolute Gasteiger partial charge is 0.314 e. The molecular weight excluding hydrogens is 234 g/mol. The summed E-state index contributed by atoms with van der Waals surface area (Å²) in [5, 5.41) is 3.73. The Labute approximate surface area is 118 Å². The van der Waals surface area contributed by atoms with Gasteiger partial charge in [-0.2, -0.15) is 0 Å². The zero-order chi connectivity index (χ0) is 13.2. The Balaban J connectivity index is 1.46. The second kappa shape index (κ2) is 6.11. The Hall–Kier alpha value is -0.120. The summed E-state index contributed by atoms with van der Waals surface area (Å²) in [4.78, 5) is 5.54. The number of likely N-dealkylation sites (tertiary alicyclic amines) is 2. The molecule has 1 saturated carbocycles. The number of hydrogen-bond donors (Lipinski definition) is 1. The van der Waals surface area contributed by atoms with E-state index < -0.39 is 0 Å². The summed E-state index contributed by atoms with van der Waals surface area (Å²) >= 11 is 0. The van der Waals surface area contributed by atoms with Gasteiger partial charge in [0.1, 0.15) is 0 Å². The number of hydrogen-bond acceptors (Lipinski definition) is 3. The van der Waals surface area contributed by atoms with Gasteiger partial charge < -0.3 is 5.32 Å². The summed E-state index contributed by atoms with van der Waals surface area (Å²) in [6.45, 7) is 11.2. The lowest BCUT2D eigenvalue weighted by atomic mass is 9.92. The minimum Gasteiger partial charge on any atom is -0.314 e. The van der Waals surface area contributed by atoms with Crippen LogP contribution in [0.3, 0.4) is 0 Å². The third-order valence-corrected chi connectivity index (χ3v) is 5.37. The molecule has 0 amide bonds. The van der Waals surface area contributed by atoms with E-state index in [1.54, 1.807) is 0 Å². The van der Waals surface area contributed by atoms with Gasteiger partial charge in [-0.1, -0.05) is 13.8 Å². The van der Waals surface area contributed by atoms with Crippen molar-refractivity contribution in [1.82, 2.24) is 15.1 Å². The molecule has 0 aromatic heterocycles. The molecule has 3 heteroatoms. The molecule has 0 aromatic rings. The molecule has 3 rings (SSSR count). The van der Waals surface area contributed by atoms with Gasteiger partial charge in [-0.05, 0) is 51.1 Å². The molecule has 3 aliphatic rings. The number of piperidine rings is 1. The van der Waals surface area contributed by atoms with Crippen molar-refractivity contribution in [3.8, 4) is 0 Å². The third kappa shape index (κ3) is 3.32. The topological polar surface area (TPSA) is 18.5 Å². The molecule has 2 saturated heterocycles. The van der Waals surface area contributed by atoms with Gasteiger partial charge >= 0.3 is 0 Å². The van der Waals surface area contributed by atoms with Crippen molar-refractivity contribution in [1.29, 1.82) is 0 Å². The van der Waals surface area contributed by atoms with Gasteiger partial charge in [0.05, 0.1) is 0 Å². The van der Waals surface area contributed by atoms with E-state index in [1.807, 2.05) is 0 Å². The predicted molar refractivity (Wildman–Crippen MR) is 80.4 cm³/mol. The predicted octanol–water partition coefficient (Wildman–Crippen LogP) is 1.93. The van der Waals surface area contributed by atoms with E-state index in [-0.39, 0.29) is 0 Å². The molecule has 2 heterocycles. The summed E-state index contributed by atoms with van der Waals surface area (Å²) in [7, 11) is 0. The van der Waals surface area contributed by atoms with Crippen molar-refractivity contribution in [2.24, 2.45) is 5.92 Å². The fourth-order valence-corrected chi connectivity index (χ4v) is 3.98. The van der Waals surface area contributed by atoms with Crippen LogP contribution in [0.15, 0.2) is 0 Å². The van der Waals surface area contributed by atoms with Crippen LogP contribution >= 0.6 is 0 Å². The lowest BCUT2D eigenvalue weighted by molar-refractivity contribution is 0.105. The van der Waals surface area contributed by atoms with Gasteiger partial charge in [0, 0.05) is 37.8 Å². The van der Waals surface area contributed by atoms with Gasteiger partial charge in [0.15, 0.2) is 0 Å². The average Bonchev–Trinajstić information content (AvgIpc) is 3.15. The zero-order valence-electron chi connectivity index (χ0n) is 12.8. The van der Waals surface area contributed by atoms with E-state index in [0.29, 0.717) is 0 Å². The molecule has 3 atom stereocenters. The van der Waals surface area contributed by atoms with Crippen LogP contribution in [0.5, 0.6) is 0 Å². The fourth-order valence-electron chi connectivity index (χ4n) is 3.98. The molecule has 3 nitrogen and oxygen atoms in total. The van der Waals surface area contributed by atoms with E-state index in [9.17, 15) is 0 Å². The molecule has 3 unspecified atom stereocenters. The van der Waals surface area contributed by atoms with Crippen LogP contribution in [-0.4, -0.2) is 60.6 Å². The quantitative estimate of drug-likeness (QED) is 0.819. The Morgan fingerprint density at radius 1 is 0.947 bits per heavy atom. The van der Waals surface area contributed by atoms with Crippen molar-refractivity contribution < 1.29 is 0 Å². The lowest BCUT2D eigenvalue weighted by Crippen LogP contribution is -2.52. The van der Waals surface area contributed by atoms with Crippen molar-refractivity contribution >= 4 is 0 Å². The van der Waals surface area contributed by atoms with Gasteiger partial charge in [0.2, 0.25) is 0 Å². The maximum Gasteiger partial charge on any atom is 0.0235 e. The molecule has 19 heavy (non-hydrogen) atoms. The van der Waals surface area contributed by atoms with Crippen LogP contribution in [0.2, 0.25) is 0 Å². The van der Waals surface area contributed by atoms with Crippen LogP contribution in [0.1, 0.15) is 46.0 Å². The highest BCUT2D eigenvalue weighted by Gasteiger charge is 2.38. The van der Waals surface area contributed by atoms with Gasteiger partial charge in [-0.3, -0.25) is 9.80 Å². The molecule has 0 spiro atoms. The maximum atomic E-state index is 3.73. The Bertz CT molecular complexity index is 290. The molecule has 0 radical (unpaired) electrons. The van der Waals surface area contributed by atoms with Crippen LogP contribution in [-0.2, 0) is 0 Å². The fraction of sp³-hybridized carbons (Fsp3) is 1.00. The van der Waals surface area contributed by atoms with E-state index in [0.717, 1.165) is 24.0 Å². The SMILES string of the molecule is CCCNC1CCN(C2CCN(C3CC3)C2)CC1C. The van der Waals surface area contributed by atoms with Crippen LogP contribution in [0.25, 0.3) is 0 Å². The molecule has 110 valence electrons. The second-order valence-electron chi connectivity index (χ2n) is 6.99. The first kappa shape index (κ1) is 13.8. The van der Waals surface area contributed by atoms with Crippen molar-refractivity contribution in [2.45, 2.75) is 64.1 Å². The first-order chi connectivity index (χ1) is 9.28. The highest BCUT2D eigenvalue weighted by atomic mass is 15.3. The first-order valence-electron chi connectivity index (χ1n) is 8.49. The first-order valence-corrected chi connectivity index (χ1v) is 8.49. The van der Waals surface area contributed by atoms with E-state index >= 15 is 0 Å². The molecule has 0 aromatic carbocycles. The lowest BCUT2D eigenvalue weighted by Gasteiger charge is -2.40. The normalized spacial score (nSPS) is 37.9. The average molecular weight is 265 g/mol. The Morgan fingerprint density at radius 3 is 2.37 bits per heavy atom. The van der Waals surface area contributed by atoms with E-state index in [4.69, 9.17) is 0 Å². The van der Waals surface area contributed by atoms with Crippen LogP contribution < -0.4 is 5.32 Å². The molecule has 0 bridgehead atoms.